The summed E-state index contributed by atoms with van der Waals surface area (Å²) in [5.41, 5.74) is 3.76. The number of carbonyl (C=O) groups is 1. The predicted molar refractivity (Wildman–Crippen MR) is 83.2 cm³/mol. The maximum Gasteiger partial charge on any atom is 0.167 e. The molecule has 0 saturated carbocycles. The van der Waals surface area contributed by atoms with E-state index >= 15 is 0 Å². The number of carbonyl (C=O) groups excluding carboxylic acids is 1. The van der Waals surface area contributed by atoms with Crippen LogP contribution in [0.1, 0.15) is 47.3 Å². The van der Waals surface area contributed by atoms with E-state index in [-0.39, 0.29) is 18.3 Å². The van der Waals surface area contributed by atoms with Crippen molar-refractivity contribution in [3.63, 3.8) is 0 Å². The van der Waals surface area contributed by atoms with Gasteiger partial charge in [0.2, 0.25) is 0 Å². The summed E-state index contributed by atoms with van der Waals surface area (Å²) < 4.78 is 0. The summed E-state index contributed by atoms with van der Waals surface area (Å²) in [6.07, 6.45) is 5.02. The van der Waals surface area contributed by atoms with Gasteiger partial charge in [-0.05, 0) is 35.6 Å². The normalized spacial score (nSPS) is 12.1. The van der Waals surface area contributed by atoms with Gasteiger partial charge in [0.25, 0.3) is 0 Å². The quantitative estimate of drug-likeness (QED) is 0.827. The van der Waals surface area contributed by atoms with Crippen molar-refractivity contribution in [1.82, 2.24) is 4.98 Å². The molecule has 0 saturated heterocycles. The molecule has 0 fully saturated rings. The highest BCUT2D eigenvalue weighted by molar-refractivity contribution is 5.97. The van der Waals surface area contributed by atoms with Crippen molar-refractivity contribution in [3.05, 3.63) is 65.0 Å². The third kappa shape index (κ3) is 3.99. The molecule has 110 valence electrons. The molecule has 0 amide bonds. The number of nitrogens with zero attached hydrogens (tertiary/aromatic N) is 1. The highest BCUT2D eigenvalue weighted by atomic mass is 16.3. The van der Waals surface area contributed by atoms with Crippen molar-refractivity contribution in [2.24, 2.45) is 5.92 Å². The second-order valence-electron chi connectivity index (χ2n) is 5.41. The van der Waals surface area contributed by atoms with E-state index in [1.54, 1.807) is 12.4 Å². The number of pyridine rings is 1. The summed E-state index contributed by atoms with van der Waals surface area (Å²) in [4.78, 5) is 16.4. The Morgan fingerprint density at radius 3 is 2.43 bits per heavy atom. The summed E-state index contributed by atoms with van der Waals surface area (Å²) in [5.74, 6) is 0.188. The van der Waals surface area contributed by atoms with Crippen molar-refractivity contribution in [2.45, 2.75) is 33.3 Å². The lowest BCUT2D eigenvalue weighted by molar-refractivity contribution is 0.0927. The Bertz CT molecular complexity index is 605. The van der Waals surface area contributed by atoms with Gasteiger partial charge in [0.1, 0.15) is 0 Å². The van der Waals surface area contributed by atoms with Gasteiger partial charge < -0.3 is 5.11 Å². The Morgan fingerprint density at radius 1 is 1.14 bits per heavy atom. The molecule has 0 aliphatic carbocycles. The van der Waals surface area contributed by atoms with Gasteiger partial charge in [-0.2, -0.15) is 0 Å². The fourth-order valence-corrected chi connectivity index (χ4v) is 2.19. The molecule has 0 aliphatic heterocycles. The van der Waals surface area contributed by atoms with Gasteiger partial charge in [-0.15, -0.1) is 0 Å². The molecule has 3 heteroatoms. The molecule has 0 spiro atoms. The molecule has 1 N–H and O–H groups in total. The van der Waals surface area contributed by atoms with E-state index in [9.17, 15) is 4.79 Å². The van der Waals surface area contributed by atoms with Crippen LogP contribution in [0.5, 0.6) is 0 Å². The number of benzene rings is 1. The molecule has 2 aromatic rings. The minimum atomic E-state index is 0.0332. The zero-order valence-corrected chi connectivity index (χ0v) is 12.5. The van der Waals surface area contributed by atoms with Gasteiger partial charge in [0, 0.05) is 23.9 Å². The lowest BCUT2D eigenvalue weighted by Gasteiger charge is -2.09. The first kappa shape index (κ1) is 15.4. The molecular formula is C18H21NO2. The van der Waals surface area contributed by atoms with Crippen molar-refractivity contribution in [2.75, 3.05) is 0 Å². The monoisotopic (exact) mass is 283 g/mol. The minimum Gasteiger partial charge on any atom is -0.392 e. The Morgan fingerprint density at radius 2 is 1.81 bits per heavy atom. The van der Waals surface area contributed by atoms with Crippen LogP contribution in [0.2, 0.25) is 0 Å². The van der Waals surface area contributed by atoms with E-state index in [1.807, 2.05) is 44.2 Å². The molecule has 21 heavy (non-hydrogen) atoms. The van der Waals surface area contributed by atoms with Crippen LogP contribution in [-0.4, -0.2) is 15.9 Å². The van der Waals surface area contributed by atoms with E-state index in [0.29, 0.717) is 5.56 Å². The summed E-state index contributed by atoms with van der Waals surface area (Å²) in [6, 6.07) is 9.75. The van der Waals surface area contributed by atoms with Crippen LogP contribution in [0.3, 0.4) is 0 Å². The van der Waals surface area contributed by atoms with Gasteiger partial charge in [0.15, 0.2) is 5.78 Å². The van der Waals surface area contributed by atoms with Crippen molar-refractivity contribution in [1.29, 1.82) is 0 Å². The van der Waals surface area contributed by atoms with Crippen LogP contribution < -0.4 is 0 Å². The molecule has 3 nitrogen and oxygen atoms in total. The Hall–Kier alpha value is -2.00. The van der Waals surface area contributed by atoms with Gasteiger partial charge in [-0.1, -0.05) is 38.1 Å². The second-order valence-corrected chi connectivity index (χ2v) is 5.41. The topological polar surface area (TPSA) is 50.2 Å². The Balaban J connectivity index is 2.15. The average Bonchev–Trinajstić information content (AvgIpc) is 2.54. The maximum absolute atomic E-state index is 12.2. The fourth-order valence-electron chi connectivity index (χ4n) is 2.19. The lowest BCUT2D eigenvalue weighted by atomic mass is 9.96. The van der Waals surface area contributed by atoms with Crippen LogP contribution in [0.25, 0.3) is 0 Å². The third-order valence-electron chi connectivity index (χ3n) is 3.75. The largest absolute Gasteiger partial charge is 0.392 e. The molecule has 0 aliphatic rings. The number of rotatable bonds is 6. The van der Waals surface area contributed by atoms with Crippen molar-refractivity contribution < 1.29 is 9.90 Å². The predicted octanol–water partition coefficient (Wildman–Crippen LogP) is 3.39. The zero-order chi connectivity index (χ0) is 15.2. The number of aliphatic hydroxyl groups is 1. The van der Waals surface area contributed by atoms with Crippen LogP contribution in [0.4, 0.5) is 0 Å². The van der Waals surface area contributed by atoms with Crippen molar-refractivity contribution in [3.8, 4) is 0 Å². The molecule has 1 heterocycles. The third-order valence-corrected chi connectivity index (χ3v) is 3.75. The molecule has 0 bridgehead atoms. The first-order valence-electron chi connectivity index (χ1n) is 7.30. The van der Waals surface area contributed by atoms with Crippen molar-refractivity contribution >= 4 is 5.78 Å². The lowest BCUT2D eigenvalue weighted by Crippen LogP contribution is -2.11. The number of aliphatic hydroxyl groups excluding tert-OH is 1. The minimum absolute atomic E-state index is 0.0332. The van der Waals surface area contributed by atoms with E-state index in [4.69, 9.17) is 5.11 Å². The number of Topliss-reactive ketones (excluding diaryl/α,β-unsaturated/α-hetero) is 1. The standard InChI is InChI=1S/C18H21NO2/c1-3-13(2)18(21)17-9-16(10-19-11-17)8-14-4-6-15(12-20)7-5-14/h4-7,9-11,13,20H,3,8,12H2,1-2H3. The van der Waals surface area contributed by atoms with E-state index in [0.717, 1.165) is 29.5 Å². The smallest absolute Gasteiger partial charge is 0.167 e. The Kier molecular flexibility index (Phi) is 5.23. The Labute approximate surface area is 125 Å². The molecule has 2 rings (SSSR count). The van der Waals surface area contributed by atoms with Gasteiger partial charge >= 0.3 is 0 Å². The van der Waals surface area contributed by atoms with Gasteiger partial charge in [0.05, 0.1) is 6.61 Å². The number of hydrogen-bond acceptors (Lipinski definition) is 3. The summed E-state index contributed by atoms with van der Waals surface area (Å²) in [6.45, 7) is 4.02. The molecule has 1 aromatic heterocycles. The van der Waals surface area contributed by atoms with Crippen LogP contribution >= 0.6 is 0 Å². The van der Waals surface area contributed by atoms with Crippen LogP contribution in [0.15, 0.2) is 42.7 Å². The maximum atomic E-state index is 12.2. The summed E-state index contributed by atoms with van der Waals surface area (Å²) in [7, 11) is 0. The highest BCUT2D eigenvalue weighted by Crippen LogP contribution is 2.15. The molecular weight excluding hydrogens is 262 g/mol. The highest BCUT2D eigenvalue weighted by Gasteiger charge is 2.14. The number of hydrogen-bond donors (Lipinski definition) is 1. The second kappa shape index (κ2) is 7.14. The SMILES string of the molecule is CCC(C)C(=O)c1cncc(Cc2ccc(CO)cc2)c1. The average molecular weight is 283 g/mol. The van der Waals surface area contributed by atoms with E-state index in [2.05, 4.69) is 4.98 Å². The molecule has 0 radical (unpaired) electrons. The first-order valence-corrected chi connectivity index (χ1v) is 7.30. The molecule has 1 atom stereocenters. The first-order chi connectivity index (χ1) is 10.1. The van der Waals surface area contributed by atoms with Crippen LogP contribution in [-0.2, 0) is 13.0 Å². The summed E-state index contributed by atoms with van der Waals surface area (Å²) >= 11 is 0. The van der Waals surface area contributed by atoms with E-state index < -0.39 is 0 Å². The number of ketones is 1. The number of aromatic nitrogens is 1. The van der Waals surface area contributed by atoms with Crippen LogP contribution in [0, 0.1) is 5.92 Å². The summed E-state index contributed by atoms with van der Waals surface area (Å²) in [5, 5.41) is 9.04. The van der Waals surface area contributed by atoms with E-state index in [1.165, 1.54) is 0 Å². The molecule has 1 aromatic carbocycles. The zero-order valence-electron chi connectivity index (χ0n) is 12.5. The van der Waals surface area contributed by atoms with Gasteiger partial charge in [-0.25, -0.2) is 0 Å². The molecule has 1 unspecified atom stereocenters. The van der Waals surface area contributed by atoms with Gasteiger partial charge in [-0.3, -0.25) is 9.78 Å². The fraction of sp³-hybridized carbons (Fsp3) is 0.333.